The third-order valence-electron chi connectivity index (χ3n) is 4.49. The zero-order chi connectivity index (χ0) is 19.1. The maximum atomic E-state index is 12.1. The molecule has 0 aromatic heterocycles. The Hall–Kier alpha value is -1.13. The van der Waals surface area contributed by atoms with Crippen LogP contribution in [-0.4, -0.2) is 29.9 Å². The molecular formula is C19H31NO3SSi. The average molecular weight is 382 g/mol. The van der Waals surface area contributed by atoms with Gasteiger partial charge in [0.15, 0.2) is 8.32 Å². The summed E-state index contributed by atoms with van der Waals surface area (Å²) in [6.45, 7) is 14.0. The lowest BCUT2D eigenvalue weighted by Crippen LogP contribution is -2.40. The Morgan fingerprint density at radius 3 is 2.20 bits per heavy atom. The van der Waals surface area contributed by atoms with Gasteiger partial charge in [0, 0.05) is 26.0 Å². The van der Waals surface area contributed by atoms with Gasteiger partial charge in [-0.15, -0.1) is 11.8 Å². The van der Waals surface area contributed by atoms with Crippen LogP contribution in [0, 0.1) is 18.8 Å². The number of aryl methyl sites for hydroxylation is 1. The van der Waals surface area contributed by atoms with E-state index in [9.17, 15) is 8.42 Å². The summed E-state index contributed by atoms with van der Waals surface area (Å²) in [7, 11) is -5.15. The lowest BCUT2D eigenvalue weighted by atomic mass is 10.2. The van der Waals surface area contributed by atoms with Crippen molar-refractivity contribution < 1.29 is 12.8 Å². The van der Waals surface area contributed by atoms with Gasteiger partial charge in [0.25, 0.3) is 0 Å². The molecule has 25 heavy (non-hydrogen) atoms. The van der Waals surface area contributed by atoms with E-state index in [0.29, 0.717) is 26.0 Å². The summed E-state index contributed by atoms with van der Waals surface area (Å²) in [5.41, 5.74) is 1.03. The highest BCUT2D eigenvalue weighted by atomic mass is 32.2. The molecule has 0 fully saturated rings. The van der Waals surface area contributed by atoms with E-state index in [4.69, 9.17) is 4.43 Å². The predicted octanol–water partition coefficient (Wildman–Crippen LogP) is 4.08. The quantitative estimate of drug-likeness (QED) is 0.440. The van der Waals surface area contributed by atoms with Crippen molar-refractivity contribution in [1.29, 1.82) is 0 Å². The highest BCUT2D eigenvalue weighted by molar-refractivity contribution is 7.89. The van der Waals surface area contributed by atoms with Gasteiger partial charge in [0.05, 0.1) is 4.90 Å². The maximum Gasteiger partial charge on any atom is 0.240 e. The van der Waals surface area contributed by atoms with Crippen molar-refractivity contribution in [3.8, 4) is 11.8 Å². The fourth-order valence-corrected chi connectivity index (χ4v) is 3.88. The molecule has 0 atom stereocenters. The largest absolute Gasteiger partial charge is 0.416 e. The smallest absolute Gasteiger partial charge is 0.240 e. The van der Waals surface area contributed by atoms with Gasteiger partial charge in [0.2, 0.25) is 10.0 Å². The van der Waals surface area contributed by atoms with E-state index in [1.165, 1.54) is 0 Å². The summed E-state index contributed by atoms with van der Waals surface area (Å²) in [6.07, 6.45) is 1.17. The Morgan fingerprint density at radius 2 is 1.64 bits per heavy atom. The standard InChI is InChI=1S/C19H31NO3SSi/c1-17-11-13-18(14-12-17)24(21,22)20-15-9-7-8-10-16-23-25(5,6)19(2,3)4/h11-14,20H,9-10,15-16H2,1-6H3. The minimum Gasteiger partial charge on any atom is -0.416 e. The molecule has 1 N–H and O–H groups in total. The molecule has 1 aromatic carbocycles. The molecule has 0 aliphatic heterocycles. The van der Waals surface area contributed by atoms with Gasteiger partial charge in [-0.1, -0.05) is 38.5 Å². The Labute approximate surface area is 154 Å². The second kappa shape index (κ2) is 8.99. The van der Waals surface area contributed by atoms with E-state index in [1.54, 1.807) is 24.3 Å². The van der Waals surface area contributed by atoms with E-state index in [-0.39, 0.29) is 9.93 Å². The number of benzene rings is 1. The van der Waals surface area contributed by atoms with Gasteiger partial charge < -0.3 is 4.43 Å². The zero-order valence-electron chi connectivity index (χ0n) is 16.3. The van der Waals surface area contributed by atoms with Crippen LogP contribution in [0.15, 0.2) is 29.2 Å². The number of nitrogens with one attached hydrogen (secondary N) is 1. The molecule has 4 nitrogen and oxygen atoms in total. The Kier molecular flexibility index (Phi) is 7.88. The molecule has 1 rings (SSSR count). The van der Waals surface area contributed by atoms with Crippen LogP contribution in [0.5, 0.6) is 0 Å². The zero-order valence-corrected chi connectivity index (χ0v) is 18.1. The first-order chi connectivity index (χ1) is 11.5. The first-order valence-corrected chi connectivity index (χ1v) is 13.0. The normalized spacial score (nSPS) is 12.6. The third-order valence-corrected chi connectivity index (χ3v) is 10.5. The summed E-state index contributed by atoms with van der Waals surface area (Å²) < 4.78 is 32.8. The van der Waals surface area contributed by atoms with Crippen molar-refractivity contribution >= 4 is 18.3 Å². The van der Waals surface area contributed by atoms with Gasteiger partial charge >= 0.3 is 0 Å². The molecule has 0 aliphatic rings. The van der Waals surface area contributed by atoms with Crippen LogP contribution in [0.3, 0.4) is 0 Å². The monoisotopic (exact) mass is 381 g/mol. The molecule has 0 unspecified atom stereocenters. The van der Waals surface area contributed by atoms with E-state index < -0.39 is 18.3 Å². The number of sulfonamides is 1. The van der Waals surface area contributed by atoms with Crippen LogP contribution in [0.1, 0.15) is 39.2 Å². The minimum atomic E-state index is -3.45. The third kappa shape index (κ3) is 7.33. The van der Waals surface area contributed by atoms with Crippen molar-refractivity contribution in [2.75, 3.05) is 13.2 Å². The lowest BCUT2D eigenvalue weighted by molar-refractivity contribution is 0.296. The Balaban J connectivity index is 2.33. The topological polar surface area (TPSA) is 55.4 Å². The molecule has 0 aliphatic carbocycles. The van der Waals surface area contributed by atoms with Crippen LogP contribution >= 0.6 is 0 Å². The van der Waals surface area contributed by atoms with Crippen molar-refractivity contribution in [3.05, 3.63) is 29.8 Å². The van der Waals surface area contributed by atoms with E-state index >= 15 is 0 Å². The van der Waals surface area contributed by atoms with Crippen molar-refractivity contribution in [3.63, 3.8) is 0 Å². The summed E-state index contributed by atoms with van der Waals surface area (Å²) in [5, 5.41) is 0.203. The van der Waals surface area contributed by atoms with Crippen LogP contribution < -0.4 is 4.72 Å². The fraction of sp³-hybridized carbons (Fsp3) is 0.579. The molecule has 0 spiro atoms. The Morgan fingerprint density at radius 1 is 1.08 bits per heavy atom. The summed E-state index contributed by atoms with van der Waals surface area (Å²) >= 11 is 0. The van der Waals surface area contributed by atoms with Gasteiger partial charge in [0.1, 0.15) is 0 Å². The first kappa shape index (κ1) is 21.9. The van der Waals surface area contributed by atoms with Crippen molar-refractivity contribution in [2.24, 2.45) is 0 Å². The minimum absolute atomic E-state index is 0.203. The molecule has 1 aromatic rings. The lowest BCUT2D eigenvalue weighted by Gasteiger charge is -2.35. The molecule has 140 valence electrons. The van der Waals surface area contributed by atoms with Gasteiger partial charge in [-0.3, -0.25) is 0 Å². The number of rotatable bonds is 7. The highest BCUT2D eigenvalue weighted by Gasteiger charge is 2.36. The SMILES string of the molecule is Cc1ccc(S(=O)(=O)NCCC#CCCO[Si](C)(C)C(C)(C)C)cc1. The van der Waals surface area contributed by atoms with Gasteiger partial charge in [-0.2, -0.15) is 0 Å². The number of hydrogen-bond donors (Lipinski definition) is 1. The van der Waals surface area contributed by atoms with Crippen LogP contribution in [0.25, 0.3) is 0 Å². The van der Waals surface area contributed by atoms with E-state index in [1.807, 2.05) is 6.92 Å². The Bertz CT molecular complexity index is 708. The molecule has 0 heterocycles. The molecule has 0 saturated heterocycles. The highest BCUT2D eigenvalue weighted by Crippen LogP contribution is 2.36. The fourth-order valence-electron chi connectivity index (χ4n) is 1.80. The first-order valence-electron chi connectivity index (χ1n) is 8.62. The van der Waals surface area contributed by atoms with Crippen LogP contribution in [0.2, 0.25) is 18.1 Å². The molecule has 6 heteroatoms. The molecule has 0 bridgehead atoms. The average Bonchev–Trinajstić information content (AvgIpc) is 2.49. The van der Waals surface area contributed by atoms with E-state index in [0.717, 1.165) is 5.56 Å². The van der Waals surface area contributed by atoms with Crippen molar-refractivity contribution in [1.82, 2.24) is 4.72 Å². The van der Waals surface area contributed by atoms with Crippen LogP contribution in [0.4, 0.5) is 0 Å². The summed E-state index contributed by atoms with van der Waals surface area (Å²) in [6, 6.07) is 6.80. The molecule has 0 saturated carbocycles. The number of hydrogen-bond acceptors (Lipinski definition) is 3. The second-order valence-corrected chi connectivity index (χ2v) is 14.2. The van der Waals surface area contributed by atoms with Crippen molar-refractivity contribution in [2.45, 2.75) is 63.6 Å². The van der Waals surface area contributed by atoms with Gasteiger partial charge in [-0.05, 0) is 37.2 Å². The summed E-state index contributed by atoms with van der Waals surface area (Å²) in [5.74, 6) is 6.06. The summed E-state index contributed by atoms with van der Waals surface area (Å²) in [4.78, 5) is 0.286. The molecular weight excluding hydrogens is 350 g/mol. The second-order valence-electron chi connectivity index (χ2n) is 7.67. The predicted molar refractivity (Wildman–Crippen MR) is 107 cm³/mol. The van der Waals surface area contributed by atoms with Crippen LogP contribution in [-0.2, 0) is 14.4 Å². The van der Waals surface area contributed by atoms with E-state index in [2.05, 4.69) is 50.4 Å². The molecule has 0 amide bonds. The maximum absolute atomic E-state index is 12.1. The molecule has 0 radical (unpaired) electrons. The van der Waals surface area contributed by atoms with Gasteiger partial charge in [-0.25, -0.2) is 13.1 Å².